The van der Waals surface area contributed by atoms with E-state index in [0.29, 0.717) is 0 Å². The number of piperidine rings is 1. The van der Waals surface area contributed by atoms with Crippen molar-refractivity contribution in [2.24, 2.45) is 10.8 Å². The summed E-state index contributed by atoms with van der Waals surface area (Å²) < 4.78 is 10.4. The molecule has 0 unspecified atom stereocenters. The summed E-state index contributed by atoms with van der Waals surface area (Å²) in [6, 6.07) is 4.84. The van der Waals surface area contributed by atoms with Gasteiger partial charge in [0, 0.05) is 13.1 Å². The molecule has 0 bridgehead atoms. The Kier molecular flexibility index (Phi) is 3.43. The van der Waals surface area contributed by atoms with Gasteiger partial charge < -0.3 is 24.6 Å². The summed E-state index contributed by atoms with van der Waals surface area (Å²) in [5.41, 5.74) is -2.67. The molecule has 1 saturated heterocycles. The van der Waals surface area contributed by atoms with E-state index in [1.807, 2.05) is 0 Å². The van der Waals surface area contributed by atoms with Crippen LogP contribution in [-0.4, -0.2) is 60.3 Å². The SMILES string of the molecule is COc1cccc(OC)c1C(=O)N1C[C@@]2(C(=O)O)C[C@@]2(C(=O)O)C1. The van der Waals surface area contributed by atoms with Gasteiger partial charge in [0.2, 0.25) is 0 Å². The number of amides is 1. The van der Waals surface area contributed by atoms with E-state index in [-0.39, 0.29) is 36.6 Å². The van der Waals surface area contributed by atoms with Crippen LogP contribution >= 0.6 is 0 Å². The van der Waals surface area contributed by atoms with Crippen LogP contribution in [-0.2, 0) is 9.59 Å². The maximum atomic E-state index is 12.9. The molecule has 2 aliphatic rings. The molecule has 24 heavy (non-hydrogen) atoms. The number of nitrogens with zero attached hydrogens (tertiary/aromatic N) is 1. The lowest BCUT2D eigenvalue weighted by molar-refractivity contribution is -0.151. The first-order valence-corrected chi connectivity index (χ1v) is 7.30. The van der Waals surface area contributed by atoms with Crippen LogP contribution in [0, 0.1) is 10.8 Å². The second-order valence-electron chi connectivity index (χ2n) is 6.15. The lowest BCUT2D eigenvalue weighted by Gasteiger charge is -2.22. The number of aliphatic carboxylic acids is 2. The van der Waals surface area contributed by atoms with Gasteiger partial charge in [0.25, 0.3) is 5.91 Å². The second-order valence-corrected chi connectivity index (χ2v) is 6.15. The molecule has 0 aromatic heterocycles. The highest BCUT2D eigenvalue weighted by Gasteiger charge is 2.81. The molecule has 1 amide bonds. The predicted molar refractivity (Wildman–Crippen MR) is 80.2 cm³/mol. The van der Waals surface area contributed by atoms with Gasteiger partial charge in [0.1, 0.15) is 27.9 Å². The van der Waals surface area contributed by atoms with Crippen molar-refractivity contribution < 1.29 is 34.1 Å². The van der Waals surface area contributed by atoms with Gasteiger partial charge in [-0.2, -0.15) is 0 Å². The minimum atomic E-state index is -1.41. The lowest BCUT2D eigenvalue weighted by atomic mass is 9.97. The van der Waals surface area contributed by atoms with Crippen molar-refractivity contribution in [2.75, 3.05) is 27.3 Å². The highest BCUT2D eigenvalue weighted by atomic mass is 16.5. The number of fused-ring (bicyclic) bond motifs is 1. The van der Waals surface area contributed by atoms with Crippen LogP contribution in [0.15, 0.2) is 18.2 Å². The lowest BCUT2D eigenvalue weighted by Crippen LogP contribution is -2.35. The molecule has 1 saturated carbocycles. The highest BCUT2D eigenvalue weighted by Crippen LogP contribution is 2.68. The first-order valence-electron chi connectivity index (χ1n) is 7.30. The molecule has 3 rings (SSSR count). The number of likely N-dealkylation sites (tertiary alicyclic amines) is 1. The summed E-state index contributed by atoms with van der Waals surface area (Å²) >= 11 is 0. The summed E-state index contributed by atoms with van der Waals surface area (Å²) in [6.07, 6.45) is 0.0392. The maximum absolute atomic E-state index is 12.9. The monoisotopic (exact) mass is 335 g/mol. The van der Waals surface area contributed by atoms with Crippen LogP contribution in [0.4, 0.5) is 0 Å². The Labute approximate surface area is 137 Å². The van der Waals surface area contributed by atoms with Crippen LogP contribution in [0.5, 0.6) is 11.5 Å². The van der Waals surface area contributed by atoms with Crippen molar-refractivity contribution in [3.05, 3.63) is 23.8 Å². The summed E-state index contributed by atoms with van der Waals surface area (Å²) in [6.45, 7) is -0.288. The standard InChI is InChI=1S/C16H17NO7/c1-23-9-4-3-5-10(24-2)11(9)12(18)17-7-15(13(19)20)6-16(15,8-17)14(21)22/h3-5H,6-8H2,1-2H3,(H,19,20)(H,21,22)/t15-,16+. The number of carbonyl (C=O) groups excluding carboxylic acids is 1. The van der Waals surface area contributed by atoms with Crippen molar-refractivity contribution in [1.29, 1.82) is 0 Å². The van der Waals surface area contributed by atoms with Crippen molar-refractivity contribution in [3.8, 4) is 11.5 Å². The van der Waals surface area contributed by atoms with Crippen LogP contribution in [0.25, 0.3) is 0 Å². The topological polar surface area (TPSA) is 113 Å². The predicted octanol–water partition coefficient (Wildman–Crippen LogP) is 0.705. The molecular formula is C16H17NO7. The number of benzene rings is 1. The molecule has 2 atom stereocenters. The van der Waals surface area contributed by atoms with E-state index in [1.165, 1.54) is 19.1 Å². The zero-order valence-corrected chi connectivity index (χ0v) is 13.2. The summed E-state index contributed by atoms with van der Waals surface area (Å²) in [5.74, 6) is -2.31. The largest absolute Gasteiger partial charge is 0.496 e. The minimum Gasteiger partial charge on any atom is -0.496 e. The van der Waals surface area contributed by atoms with Crippen molar-refractivity contribution in [2.45, 2.75) is 6.42 Å². The molecule has 0 spiro atoms. The first-order chi connectivity index (χ1) is 11.3. The van der Waals surface area contributed by atoms with Gasteiger partial charge in [-0.15, -0.1) is 0 Å². The third-order valence-corrected chi connectivity index (χ3v) is 5.06. The molecule has 8 heteroatoms. The Bertz CT molecular complexity index is 696. The van der Waals surface area contributed by atoms with Gasteiger partial charge in [-0.05, 0) is 18.6 Å². The Hall–Kier alpha value is -2.77. The van der Waals surface area contributed by atoms with Gasteiger partial charge in [-0.1, -0.05) is 6.07 Å². The molecule has 1 aliphatic carbocycles. The van der Waals surface area contributed by atoms with Crippen LogP contribution in [0.2, 0.25) is 0 Å². The smallest absolute Gasteiger partial charge is 0.312 e. The molecule has 0 radical (unpaired) electrons. The number of methoxy groups -OCH3 is 2. The molecule has 2 fully saturated rings. The third-order valence-electron chi connectivity index (χ3n) is 5.06. The van der Waals surface area contributed by atoms with Gasteiger partial charge >= 0.3 is 11.9 Å². The van der Waals surface area contributed by atoms with E-state index in [0.717, 1.165) is 0 Å². The van der Waals surface area contributed by atoms with Crippen molar-refractivity contribution in [3.63, 3.8) is 0 Å². The molecular weight excluding hydrogens is 318 g/mol. The molecule has 1 aliphatic heterocycles. The quantitative estimate of drug-likeness (QED) is 0.814. The molecule has 8 nitrogen and oxygen atoms in total. The Balaban J connectivity index is 1.97. The zero-order chi connectivity index (χ0) is 17.7. The molecule has 1 aromatic rings. The van der Waals surface area contributed by atoms with Gasteiger partial charge in [-0.3, -0.25) is 14.4 Å². The van der Waals surface area contributed by atoms with Crippen LogP contribution in [0.3, 0.4) is 0 Å². The molecule has 128 valence electrons. The molecule has 1 aromatic carbocycles. The number of hydrogen-bond donors (Lipinski definition) is 2. The van der Waals surface area contributed by atoms with E-state index in [4.69, 9.17) is 9.47 Å². The number of carboxylic acids is 2. The van der Waals surface area contributed by atoms with E-state index in [2.05, 4.69) is 0 Å². The second kappa shape index (κ2) is 5.12. The Morgan fingerprint density at radius 2 is 1.46 bits per heavy atom. The van der Waals surface area contributed by atoms with Gasteiger partial charge in [0.15, 0.2) is 0 Å². The summed E-state index contributed by atoms with van der Waals surface area (Å²) in [5, 5.41) is 18.9. The fourth-order valence-corrected chi connectivity index (χ4v) is 3.65. The molecule has 2 N–H and O–H groups in total. The van der Waals surface area contributed by atoms with E-state index < -0.39 is 28.7 Å². The van der Waals surface area contributed by atoms with Crippen molar-refractivity contribution in [1.82, 2.24) is 4.90 Å². The molecule has 1 heterocycles. The Morgan fingerprint density at radius 3 is 1.83 bits per heavy atom. The number of rotatable bonds is 5. The van der Waals surface area contributed by atoms with Crippen LogP contribution < -0.4 is 9.47 Å². The zero-order valence-electron chi connectivity index (χ0n) is 13.2. The normalized spacial score (nSPS) is 27.3. The first kappa shape index (κ1) is 16.1. The van der Waals surface area contributed by atoms with E-state index in [1.54, 1.807) is 18.2 Å². The van der Waals surface area contributed by atoms with E-state index in [9.17, 15) is 24.6 Å². The van der Waals surface area contributed by atoms with Gasteiger partial charge in [-0.25, -0.2) is 0 Å². The maximum Gasteiger partial charge on any atom is 0.312 e. The van der Waals surface area contributed by atoms with Gasteiger partial charge in [0.05, 0.1) is 14.2 Å². The highest BCUT2D eigenvalue weighted by molar-refractivity contribution is 6.03. The number of carboxylic acid groups (broad SMARTS) is 2. The number of carbonyl (C=O) groups is 3. The summed E-state index contributed by atoms with van der Waals surface area (Å²) in [7, 11) is 2.81. The number of hydrogen-bond acceptors (Lipinski definition) is 5. The third kappa shape index (κ3) is 1.88. The Morgan fingerprint density at radius 1 is 1.00 bits per heavy atom. The minimum absolute atomic E-state index is 0.0392. The average Bonchev–Trinajstić information content (AvgIpc) is 3.11. The fourth-order valence-electron chi connectivity index (χ4n) is 3.65. The van der Waals surface area contributed by atoms with E-state index >= 15 is 0 Å². The van der Waals surface area contributed by atoms with Crippen LogP contribution in [0.1, 0.15) is 16.8 Å². The van der Waals surface area contributed by atoms with Crippen molar-refractivity contribution >= 4 is 17.8 Å². The number of ether oxygens (including phenoxy) is 2. The summed E-state index contributed by atoms with van der Waals surface area (Å²) in [4.78, 5) is 37.3. The average molecular weight is 335 g/mol. The fraction of sp³-hybridized carbons (Fsp3) is 0.438.